The minimum atomic E-state index is -3.11. The van der Waals surface area contributed by atoms with Crippen LogP contribution in [0.5, 0.6) is 5.75 Å². The fourth-order valence-electron chi connectivity index (χ4n) is 3.28. The Hall–Kier alpha value is -2.81. The summed E-state index contributed by atoms with van der Waals surface area (Å²) in [5, 5.41) is 2.74. The number of rotatable bonds is 3. The van der Waals surface area contributed by atoms with Gasteiger partial charge >= 0.3 is 12.1 Å². The molecule has 2 aromatic rings. The molecule has 27 heavy (non-hydrogen) atoms. The van der Waals surface area contributed by atoms with Gasteiger partial charge in [0.2, 0.25) is 0 Å². The zero-order valence-electron chi connectivity index (χ0n) is 14.6. The summed E-state index contributed by atoms with van der Waals surface area (Å²) in [5.41, 5.74) is 1.46. The highest BCUT2D eigenvalue weighted by atomic mass is 19.3. The van der Waals surface area contributed by atoms with E-state index in [2.05, 4.69) is 20.2 Å². The minimum absolute atomic E-state index is 0.193. The van der Waals surface area contributed by atoms with Gasteiger partial charge in [-0.2, -0.15) is 8.78 Å². The number of alkyl halides is 2. The highest BCUT2D eigenvalue weighted by Gasteiger charge is 2.39. The van der Waals surface area contributed by atoms with Gasteiger partial charge in [0.25, 0.3) is 0 Å². The number of benzene rings is 1. The van der Waals surface area contributed by atoms with Crippen molar-refractivity contribution in [2.24, 2.45) is 0 Å². The summed E-state index contributed by atoms with van der Waals surface area (Å²) in [7, 11) is 0. The molecule has 1 saturated heterocycles. The summed E-state index contributed by atoms with van der Waals surface area (Å²) in [6.45, 7) is 3.19. The van der Waals surface area contributed by atoms with Crippen molar-refractivity contribution in [3.05, 3.63) is 47.9 Å². The first-order valence-electron chi connectivity index (χ1n) is 8.71. The standard InChI is InChI=1S/C18H19F2N5O2/c19-18(20)10-14-2-1-13(9-15(14)27-18)11-24-5-7-25(8-6-24)17(26)23-16-3-4-21-12-22-16/h1-4,9,12H,5-8,10-11H2,(H,21,22,23,26). The molecule has 0 saturated carbocycles. The Bertz CT molecular complexity index is 826. The number of piperazine rings is 1. The molecule has 2 amide bonds. The molecule has 7 nitrogen and oxygen atoms in total. The summed E-state index contributed by atoms with van der Waals surface area (Å²) >= 11 is 0. The van der Waals surface area contributed by atoms with Crippen LogP contribution in [0.3, 0.4) is 0 Å². The molecule has 3 heterocycles. The summed E-state index contributed by atoms with van der Waals surface area (Å²) in [5.74, 6) is 0.729. The quantitative estimate of drug-likeness (QED) is 0.892. The molecule has 2 aliphatic rings. The van der Waals surface area contributed by atoms with Crippen molar-refractivity contribution in [3.8, 4) is 5.75 Å². The molecule has 1 aromatic carbocycles. The lowest BCUT2D eigenvalue weighted by atomic mass is 10.1. The van der Waals surface area contributed by atoms with Gasteiger partial charge in [0, 0.05) is 44.5 Å². The predicted molar refractivity (Wildman–Crippen MR) is 93.6 cm³/mol. The Kier molecular flexibility index (Phi) is 4.61. The summed E-state index contributed by atoms with van der Waals surface area (Å²) < 4.78 is 31.3. The smallest absolute Gasteiger partial charge is 0.402 e. The molecule has 0 bridgehead atoms. The first-order chi connectivity index (χ1) is 13.0. The van der Waals surface area contributed by atoms with Gasteiger partial charge < -0.3 is 9.64 Å². The number of anilines is 1. The number of carbonyl (C=O) groups excluding carboxylic acids is 1. The van der Waals surface area contributed by atoms with E-state index in [1.165, 1.54) is 6.33 Å². The lowest BCUT2D eigenvalue weighted by molar-refractivity contribution is -0.159. The SMILES string of the molecule is O=C(Nc1ccncn1)N1CCN(Cc2ccc3c(c2)OC(F)(F)C3)CC1. The first kappa shape index (κ1) is 17.6. The van der Waals surface area contributed by atoms with E-state index >= 15 is 0 Å². The zero-order valence-corrected chi connectivity index (χ0v) is 14.6. The second-order valence-corrected chi connectivity index (χ2v) is 6.65. The molecule has 0 atom stereocenters. The van der Waals surface area contributed by atoms with Crippen LogP contribution < -0.4 is 10.1 Å². The molecule has 1 aromatic heterocycles. The molecule has 0 aliphatic carbocycles. The zero-order chi connectivity index (χ0) is 18.9. The van der Waals surface area contributed by atoms with Gasteiger partial charge in [-0.05, 0) is 17.7 Å². The maximum absolute atomic E-state index is 13.3. The number of amides is 2. The van der Waals surface area contributed by atoms with Crippen LogP contribution in [0.2, 0.25) is 0 Å². The van der Waals surface area contributed by atoms with Gasteiger partial charge in [0.15, 0.2) is 0 Å². The minimum Gasteiger partial charge on any atom is -0.432 e. The summed E-state index contributed by atoms with van der Waals surface area (Å²) in [6.07, 6.45) is -0.535. The molecule has 4 rings (SSSR count). The molecule has 0 spiro atoms. The molecule has 142 valence electrons. The van der Waals surface area contributed by atoms with E-state index < -0.39 is 6.11 Å². The van der Waals surface area contributed by atoms with Crippen molar-refractivity contribution in [1.29, 1.82) is 0 Å². The van der Waals surface area contributed by atoms with Crippen LogP contribution in [0.1, 0.15) is 11.1 Å². The van der Waals surface area contributed by atoms with Crippen molar-refractivity contribution >= 4 is 11.8 Å². The van der Waals surface area contributed by atoms with E-state index in [0.29, 0.717) is 44.1 Å². The van der Waals surface area contributed by atoms with E-state index in [1.54, 1.807) is 29.3 Å². The van der Waals surface area contributed by atoms with Gasteiger partial charge in [0.05, 0.1) is 6.42 Å². The van der Waals surface area contributed by atoms with Crippen LogP contribution >= 0.6 is 0 Å². The lowest BCUT2D eigenvalue weighted by Crippen LogP contribution is -2.49. The number of hydrogen-bond acceptors (Lipinski definition) is 5. The first-order valence-corrected chi connectivity index (χ1v) is 8.71. The van der Waals surface area contributed by atoms with E-state index in [4.69, 9.17) is 4.74 Å². The lowest BCUT2D eigenvalue weighted by Gasteiger charge is -2.34. The number of urea groups is 1. The summed E-state index contributed by atoms with van der Waals surface area (Å²) in [4.78, 5) is 24.0. The number of fused-ring (bicyclic) bond motifs is 1. The number of carbonyl (C=O) groups is 1. The molecule has 0 radical (unpaired) electrons. The topological polar surface area (TPSA) is 70.6 Å². The third kappa shape index (κ3) is 4.13. The van der Waals surface area contributed by atoms with Gasteiger partial charge in [-0.1, -0.05) is 12.1 Å². The van der Waals surface area contributed by atoms with Gasteiger partial charge in [-0.25, -0.2) is 14.8 Å². The van der Waals surface area contributed by atoms with Crippen LogP contribution in [-0.4, -0.2) is 58.1 Å². The number of ether oxygens (including phenoxy) is 1. The number of hydrogen-bond donors (Lipinski definition) is 1. The predicted octanol–water partition coefficient (Wildman–Crippen LogP) is 2.35. The molecular formula is C18H19F2N5O2. The van der Waals surface area contributed by atoms with Crippen molar-refractivity contribution in [1.82, 2.24) is 19.8 Å². The third-order valence-electron chi connectivity index (χ3n) is 4.67. The van der Waals surface area contributed by atoms with Crippen LogP contribution in [-0.2, 0) is 13.0 Å². The fourth-order valence-corrected chi connectivity index (χ4v) is 3.28. The Balaban J connectivity index is 1.29. The molecule has 9 heteroatoms. The largest absolute Gasteiger partial charge is 0.432 e. The van der Waals surface area contributed by atoms with Crippen LogP contribution in [0.25, 0.3) is 0 Å². The fraction of sp³-hybridized carbons (Fsp3) is 0.389. The van der Waals surface area contributed by atoms with Crippen molar-refractivity contribution in [2.45, 2.75) is 19.1 Å². The third-order valence-corrected chi connectivity index (χ3v) is 4.67. The van der Waals surface area contributed by atoms with Gasteiger partial charge in [0.1, 0.15) is 17.9 Å². The Morgan fingerprint density at radius 2 is 2.04 bits per heavy atom. The molecule has 2 aliphatic heterocycles. The average molecular weight is 375 g/mol. The Morgan fingerprint density at radius 1 is 1.22 bits per heavy atom. The van der Waals surface area contributed by atoms with E-state index in [0.717, 1.165) is 5.56 Å². The number of aromatic nitrogens is 2. The second kappa shape index (κ2) is 7.07. The van der Waals surface area contributed by atoms with Crippen LogP contribution in [0, 0.1) is 0 Å². The highest BCUT2D eigenvalue weighted by molar-refractivity contribution is 5.88. The Morgan fingerprint density at radius 3 is 2.78 bits per heavy atom. The van der Waals surface area contributed by atoms with Gasteiger partial charge in [-0.3, -0.25) is 10.2 Å². The van der Waals surface area contributed by atoms with E-state index in [-0.39, 0.29) is 18.2 Å². The second-order valence-electron chi connectivity index (χ2n) is 6.65. The molecule has 1 fully saturated rings. The molecule has 0 unspecified atom stereocenters. The van der Waals surface area contributed by atoms with E-state index in [9.17, 15) is 13.6 Å². The number of nitrogens with zero attached hydrogens (tertiary/aromatic N) is 4. The van der Waals surface area contributed by atoms with Crippen molar-refractivity contribution in [2.75, 3.05) is 31.5 Å². The van der Waals surface area contributed by atoms with E-state index in [1.807, 2.05) is 6.07 Å². The normalized spacial score (nSPS) is 18.7. The number of nitrogens with one attached hydrogen (secondary N) is 1. The number of halogens is 2. The van der Waals surface area contributed by atoms with Crippen LogP contribution in [0.15, 0.2) is 36.8 Å². The molecular weight excluding hydrogens is 356 g/mol. The summed E-state index contributed by atoms with van der Waals surface area (Å²) in [6, 6.07) is 6.69. The highest BCUT2D eigenvalue weighted by Crippen LogP contribution is 2.37. The average Bonchev–Trinajstić information content (AvgIpc) is 2.96. The van der Waals surface area contributed by atoms with Crippen LogP contribution in [0.4, 0.5) is 19.4 Å². The van der Waals surface area contributed by atoms with Crippen molar-refractivity contribution in [3.63, 3.8) is 0 Å². The Labute approximate surface area is 155 Å². The molecule has 1 N–H and O–H groups in total. The monoisotopic (exact) mass is 375 g/mol. The van der Waals surface area contributed by atoms with Gasteiger partial charge in [-0.15, -0.1) is 0 Å². The maximum atomic E-state index is 13.3. The maximum Gasteiger partial charge on any atom is 0.402 e. The van der Waals surface area contributed by atoms with Crippen molar-refractivity contribution < 1.29 is 18.3 Å².